The molecule has 1 aromatic rings. The summed E-state index contributed by atoms with van der Waals surface area (Å²) < 4.78 is 6.15. The highest BCUT2D eigenvalue weighted by Crippen LogP contribution is 2.30. The summed E-state index contributed by atoms with van der Waals surface area (Å²) in [6.45, 7) is 5.89. The van der Waals surface area contributed by atoms with Gasteiger partial charge in [0.2, 0.25) is 0 Å². The monoisotopic (exact) mass is 361 g/mol. The first-order valence-electron chi connectivity index (χ1n) is 6.76. The molecule has 2 heterocycles. The fourth-order valence-electron chi connectivity index (χ4n) is 2.38. The van der Waals surface area contributed by atoms with Crippen molar-refractivity contribution >= 4 is 33.4 Å². The van der Waals surface area contributed by atoms with E-state index in [2.05, 4.69) is 33.0 Å². The number of carbonyl (C=O) groups excluding carboxylic acids is 1. The lowest BCUT2D eigenvalue weighted by Gasteiger charge is -2.38. The average molecular weight is 362 g/mol. The first-order valence-corrected chi connectivity index (χ1v) is 8.37. The third-order valence-electron chi connectivity index (χ3n) is 3.43. The minimum atomic E-state index is -0.213. The van der Waals surface area contributed by atoms with Crippen LogP contribution in [0.5, 0.6) is 0 Å². The zero-order valence-corrected chi connectivity index (χ0v) is 14.0. The normalized spacial score (nSPS) is 18.1. The van der Waals surface area contributed by atoms with Crippen molar-refractivity contribution in [3.63, 3.8) is 0 Å². The van der Waals surface area contributed by atoms with Crippen molar-refractivity contribution in [2.24, 2.45) is 5.73 Å². The Morgan fingerprint density at radius 1 is 1.45 bits per heavy atom. The van der Waals surface area contributed by atoms with Gasteiger partial charge in [-0.25, -0.2) is 4.79 Å². The highest BCUT2D eigenvalue weighted by Gasteiger charge is 2.27. The lowest BCUT2D eigenvalue weighted by Crippen LogP contribution is -2.50. The number of rotatable bonds is 4. The fraction of sp³-hybridized carbons (Fsp3) is 0.615. The van der Waals surface area contributed by atoms with Crippen LogP contribution in [-0.4, -0.2) is 55.2 Å². The summed E-state index contributed by atoms with van der Waals surface area (Å²) in [6, 6.07) is 4.40. The van der Waals surface area contributed by atoms with Gasteiger partial charge in [0.25, 0.3) is 0 Å². The van der Waals surface area contributed by atoms with Crippen LogP contribution in [0, 0.1) is 0 Å². The molecule has 2 N–H and O–H groups in total. The Bertz CT molecular complexity index is 447. The van der Waals surface area contributed by atoms with Gasteiger partial charge in [-0.05, 0) is 35.0 Å². The summed E-state index contributed by atoms with van der Waals surface area (Å²) in [4.78, 5) is 17.0. The van der Waals surface area contributed by atoms with Crippen molar-refractivity contribution < 1.29 is 9.53 Å². The number of hydrogen-bond donors (Lipinski definition) is 1. The molecule has 1 fully saturated rings. The molecule has 20 heavy (non-hydrogen) atoms. The molecule has 0 aromatic carbocycles. The van der Waals surface area contributed by atoms with Crippen LogP contribution in [0.1, 0.15) is 17.8 Å². The van der Waals surface area contributed by atoms with Gasteiger partial charge in [0.15, 0.2) is 0 Å². The number of nitrogens with two attached hydrogens (primary N) is 1. The minimum Gasteiger partial charge on any atom is -0.450 e. The molecule has 1 aromatic heterocycles. The molecule has 1 saturated heterocycles. The van der Waals surface area contributed by atoms with Crippen LogP contribution in [0.4, 0.5) is 4.79 Å². The Balaban J connectivity index is 1.93. The SMILES string of the molecule is CCOC(=O)N1CCN(C(CN)c2ccc(Br)s2)CC1. The Labute approximate surface area is 131 Å². The highest BCUT2D eigenvalue weighted by molar-refractivity contribution is 9.11. The van der Waals surface area contributed by atoms with E-state index in [9.17, 15) is 4.79 Å². The Hall–Kier alpha value is -0.630. The molecule has 0 radical (unpaired) electrons. The van der Waals surface area contributed by atoms with Crippen LogP contribution < -0.4 is 5.73 Å². The number of piperazine rings is 1. The molecule has 1 unspecified atom stereocenters. The van der Waals surface area contributed by atoms with Gasteiger partial charge in [0.1, 0.15) is 0 Å². The number of hydrogen-bond acceptors (Lipinski definition) is 5. The summed E-state index contributed by atoms with van der Waals surface area (Å²) in [7, 11) is 0. The van der Waals surface area contributed by atoms with Gasteiger partial charge in [-0.3, -0.25) is 4.90 Å². The molecule has 0 aliphatic carbocycles. The van der Waals surface area contributed by atoms with Crippen molar-refractivity contribution in [1.82, 2.24) is 9.80 Å². The molecular formula is C13H20BrN3O2S. The molecule has 1 amide bonds. The van der Waals surface area contributed by atoms with Crippen LogP contribution in [0.15, 0.2) is 15.9 Å². The van der Waals surface area contributed by atoms with Gasteiger partial charge in [-0.1, -0.05) is 0 Å². The van der Waals surface area contributed by atoms with Crippen LogP contribution in [0.2, 0.25) is 0 Å². The number of amides is 1. The summed E-state index contributed by atoms with van der Waals surface area (Å²) in [5.41, 5.74) is 5.93. The molecule has 2 rings (SSSR count). The molecule has 0 bridgehead atoms. The number of nitrogens with zero attached hydrogens (tertiary/aromatic N) is 2. The van der Waals surface area contributed by atoms with Crippen molar-refractivity contribution in [2.45, 2.75) is 13.0 Å². The van der Waals surface area contributed by atoms with Crippen LogP contribution in [0.25, 0.3) is 0 Å². The zero-order valence-electron chi connectivity index (χ0n) is 11.5. The summed E-state index contributed by atoms with van der Waals surface area (Å²) in [5.74, 6) is 0. The molecule has 7 heteroatoms. The topological polar surface area (TPSA) is 58.8 Å². The fourth-order valence-corrected chi connectivity index (χ4v) is 3.96. The maximum absolute atomic E-state index is 11.7. The average Bonchev–Trinajstić information content (AvgIpc) is 2.87. The maximum Gasteiger partial charge on any atom is 0.409 e. The predicted octanol–water partition coefficient (Wildman–Crippen LogP) is 2.28. The molecule has 0 spiro atoms. The summed E-state index contributed by atoms with van der Waals surface area (Å²) in [6.07, 6.45) is -0.213. The van der Waals surface area contributed by atoms with E-state index in [4.69, 9.17) is 10.5 Å². The number of ether oxygens (including phenoxy) is 1. The van der Waals surface area contributed by atoms with Crippen molar-refractivity contribution in [3.8, 4) is 0 Å². The summed E-state index contributed by atoms with van der Waals surface area (Å²) in [5, 5.41) is 0. The van der Waals surface area contributed by atoms with Crippen LogP contribution in [-0.2, 0) is 4.74 Å². The van der Waals surface area contributed by atoms with E-state index >= 15 is 0 Å². The number of halogens is 1. The van der Waals surface area contributed by atoms with Gasteiger partial charge in [-0.15, -0.1) is 11.3 Å². The van der Waals surface area contributed by atoms with E-state index in [1.807, 2.05) is 6.92 Å². The van der Waals surface area contributed by atoms with Crippen LogP contribution in [0.3, 0.4) is 0 Å². The van der Waals surface area contributed by atoms with E-state index in [-0.39, 0.29) is 12.1 Å². The number of carbonyl (C=O) groups is 1. The lowest BCUT2D eigenvalue weighted by molar-refractivity contribution is 0.0676. The highest BCUT2D eigenvalue weighted by atomic mass is 79.9. The number of thiophene rings is 1. The smallest absolute Gasteiger partial charge is 0.409 e. The third kappa shape index (κ3) is 3.72. The maximum atomic E-state index is 11.7. The first-order chi connectivity index (χ1) is 9.65. The van der Waals surface area contributed by atoms with Gasteiger partial charge < -0.3 is 15.4 Å². The molecule has 0 saturated carbocycles. The standard InChI is InChI=1S/C13H20BrN3O2S/c1-2-19-13(18)17-7-5-16(6-8-17)10(9-15)11-3-4-12(14)20-11/h3-4,10H,2,5-9,15H2,1H3. The molecule has 1 atom stereocenters. The van der Waals surface area contributed by atoms with Crippen molar-refractivity contribution in [2.75, 3.05) is 39.3 Å². The van der Waals surface area contributed by atoms with E-state index in [1.54, 1.807) is 16.2 Å². The predicted molar refractivity (Wildman–Crippen MR) is 84.0 cm³/mol. The second kappa shape index (κ2) is 7.40. The minimum absolute atomic E-state index is 0.213. The Morgan fingerprint density at radius 3 is 2.65 bits per heavy atom. The Kier molecular flexibility index (Phi) is 5.83. The quantitative estimate of drug-likeness (QED) is 0.893. The van der Waals surface area contributed by atoms with E-state index in [0.29, 0.717) is 26.2 Å². The largest absolute Gasteiger partial charge is 0.450 e. The van der Waals surface area contributed by atoms with E-state index in [1.165, 1.54) is 4.88 Å². The molecule has 1 aliphatic rings. The van der Waals surface area contributed by atoms with Gasteiger partial charge >= 0.3 is 6.09 Å². The van der Waals surface area contributed by atoms with Crippen LogP contribution >= 0.6 is 27.3 Å². The van der Waals surface area contributed by atoms with E-state index < -0.39 is 0 Å². The van der Waals surface area contributed by atoms with Crippen molar-refractivity contribution in [1.29, 1.82) is 0 Å². The second-order valence-corrected chi connectivity index (χ2v) is 7.11. The van der Waals surface area contributed by atoms with Gasteiger partial charge in [0, 0.05) is 37.6 Å². The van der Waals surface area contributed by atoms with Gasteiger partial charge in [-0.2, -0.15) is 0 Å². The third-order valence-corrected chi connectivity index (χ3v) is 5.15. The molecule has 5 nitrogen and oxygen atoms in total. The molecule has 1 aliphatic heterocycles. The zero-order chi connectivity index (χ0) is 14.5. The Morgan fingerprint density at radius 2 is 2.15 bits per heavy atom. The summed E-state index contributed by atoms with van der Waals surface area (Å²) >= 11 is 5.21. The second-order valence-electron chi connectivity index (χ2n) is 4.62. The van der Waals surface area contributed by atoms with E-state index in [0.717, 1.165) is 16.9 Å². The molecular weight excluding hydrogens is 342 g/mol. The van der Waals surface area contributed by atoms with Gasteiger partial charge in [0.05, 0.1) is 16.4 Å². The lowest BCUT2D eigenvalue weighted by atomic mass is 10.1. The van der Waals surface area contributed by atoms with Crippen molar-refractivity contribution in [3.05, 3.63) is 20.8 Å². The molecule has 112 valence electrons. The first kappa shape index (κ1) is 15.8.